The Labute approximate surface area is 123 Å². The minimum absolute atomic E-state index is 0.0523. The molecule has 1 heterocycles. The summed E-state index contributed by atoms with van der Waals surface area (Å²) in [5.41, 5.74) is 2.99. The maximum Gasteiger partial charge on any atom is 0.337 e. The molecule has 0 saturated carbocycles. The number of hydrogen-bond donors (Lipinski definition) is 0. The van der Waals surface area contributed by atoms with Crippen molar-refractivity contribution in [2.45, 2.75) is 6.42 Å². The van der Waals surface area contributed by atoms with Gasteiger partial charge in [0.25, 0.3) is 0 Å². The largest absolute Gasteiger partial charge is 0.465 e. The Morgan fingerprint density at radius 1 is 1.29 bits per heavy atom. The van der Waals surface area contributed by atoms with Gasteiger partial charge < -0.3 is 14.4 Å². The average molecular weight is 287 g/mol. The van der Waals surface area contributed by atoms with Gasteiger partial charge in [0.05, 0.1) is 25.9 Å². The van der Waals surface area contributed by atoms with Crippen LogP contribution in [0.25, 0.3) is 0 Å². The highest BCUT2D eigenvalue weighted by atomic mass is 16.5. The first-order valence-electron chi connectivity index (χ1n) is 6.98. The van der Waals surface area contributed by atoms with E-state index in [9.17, 15) is 9.59 Å². The molecule has 1 aliphatic carbocycles. The SMILES string of the molecule is COC(=O)c1ccc2c(c1)C(=O)C=C(N1CCOCC1)C2. The van der Waals surface area contributed by atoms with E-state index in [2.05, 4.69) is 4.90 Å². The Balaban J connectivity index is 1.87. The van der Waals surface area contributed by atoms with Crippen LogP contribution in [0.4, 0.5) is 0 Å². The minimum atomic E-state index is -0.423. The van der Waals surface area contributed by atoms with Crippen LogP contribution in [0.2, 0.25) is 0 Å². The van der Waals surface area contributed by atoms with Gasteiger partial charge in [-0.3, -0.25) is 4.79 Å². The standard InChI is InChI=1S/C16H17NO4/c1-20-16(19)12-3-2-11-8-13(10-15(18)14(11)9-12)17-4-6-21-7-5-17/h2-3,9-10H,4-8H2,1H3. The van der Waals surface area contributed by atoms with Crippen molar-refractivity contribution in [3.05, 3.63) is 46.7 Å². The van der Waals surface area contributed by atoms with Crippen LogP contribution in [0.1, 0.15) is 26.3 Å². The molecule has 0 radical (unpaired) electrons. The number of carbonyl (C=O) groups excluding carboxylic acids is 2. The summed E-state index contributed by atoms with van der Waals surface area (Å²) >= 11 is 0. The Kier molecular flexibility index (Phi) is 3.75. The molecule has 1 aromatic rings. The average Bonchev–Trinajstić information content (AvgIpc) is 2.54. The fourth-order valence-corrected chi connectivity index (χ4v) is 2.73. The maximum atomic E-state index is 12.3. The molecule has 0 atom stereocenters. The number of esters is 1. The molecule has 0 bridgehead atoms. The third kappa shape index (κ3) is 2.69. The molecule has 0 aromatic heterocycles. The summed E-state index contributed by atoms with van der Waals surface area (Å²) in [6, 6.07) is 5.17. The van der Waals surface area contributed by atoms with Crippen molar-refractivity contribution in [1.82, 2.24) is 4.90 Å². The summed E-state index contributed by atoms with van der Waals surface area (Å²) in [6.45, 7) is 3.02. The second kappa shape index (κ2) is 5.69. The number of carbonyl (C=O) groups is 2. The van der Waals surface area contributed by atoms with Crippen molar-refractivity contribution in [2.75, 3.05) is 33.4 Å². The van der Waals surface area contributed by atoms with Crippen LogP contribution in [0, 0.1) is 0 Å². The Hall–Kier alpha value is -2.14. The summed E-state index contributed by atoms with van der Waals surface area (Å²) in [5, 5.41) is 0. The third-order valence-electron chi connectivity index (χ3n) is 3.88. The van der Waals surface area contributed by atoms with Gasteiger partial charge in [-0.2, -0.15) is 0 Å². The van der Waals surface area contributed by atoms with Crippen molar-refractivity contribution in [1.29, 1.82) is 0 Å². The number of fused-ring (bicyclic) bond motifs is 1. The van der Waals surface area contributed by atoms with Gasteiger partial charge in [-0.1, -0.05) is 6.07 Å². The molecule has 1 aromatic carbocycles. The first kappa shape index (κ1) is 13.8. The monoisotopic (exact) mass is 287 g/mol. The van der Waals surface area contributed by atoms with Gasteiger partial charge in [0.1, 0.15) is 0 Å². The first-order valence-corrected chi connectivity index (χ1v) is 6.98. The Morgan fingerprint density at radius 3 is 2.76 bits per heavy atom. The lowest BCUT2D eigenvalue weighted by Gasteiger charge is -2.32. The quantitative estimate of drug-likeness (QED) is 0.770. The van der Waals surface area contributed by atoms with Gasteiger partial charge in [-0.25, -0.2) is 4.79 Å². The number of morpholine rings is 1. The molecule has 5 heteroatoms. The van der Waals surface area contributed by atoms with Gasteiger partial charge in [0.15, 0.2) is 5.78 Å². The van der Waals surface area contributed by atoms with E-state index in [1.54, 1.807) is 18.2 Å². The molecule has 21 heavy (non-hydrogen) atoms. The van der Waals surface area contributed by atoms with Crippen LogP contribution in [0.15, 0.2) is 30.0 Å². The second-order valence-electron chi connectivity index (χ2n) is 5.14. The van der Waals surface area contributed by atoms with Gasteiger partial charge in [-0.15, -0.1) is 0 Å². The number of methoxy groups -OCH3 is 1. The van der Waals surface area contributed by atoms with Crippen molar-refractivity contribution < 1.29 is 19.1 Å². The topological polar surface area (TPSA) is 55.8 Å². The van der Waals surface area contributed by atoms with Crippen LogP contribution in [-0.4, -0.2) is 50.1 Å². The number of allylic oxidation sites excluding steroid dienone is 2. The van der Waals surface area contributed by atoms with Crippen LogP contribution >= 0.6 is 0 Å². The zero-order valence-corrected chi connectivity index (χ0v) is 11.9. The van der Waals surface area contributed by atoms with Crippen molar-refractivity contribution in [3.8, 4) is 0 Å². The van der Waals surface area contributed by atoms with Gasteiger partial charge >= 0.3 is 5.97 Å². The zero-order chi connectivity index (χ0) is 14.8. The lowest BCUT2D eigenvalue weighted by atomic mass is 9.91. The predicted octanol–water partition coefficient (Wildman–Crippen LogP) is 1.43. The lowest BCUT2D eigenvalue weighted by Crippen LogP contribution is -2.37. The minimum Gasteiger partial charge on any atom is -0.465 e. The van der Waals surface area contributed by atoms with E-state index < -0.39 is 5.97 Å². The normalized spacial score (nSPS) is 18.0. The van der Waals surface area contributed by atoms with E-state index in [1.165, 1.54) is 7.11 Å². The van der Waals surface area contributed by atoms with E-state index in [0.29, 0.717) is 30.8 Å². The molecule has 0 N–H and O–H groups in total. The molecule has 1 aliphatic heterocycles. The summed E-state index contributed by atoms with van der Waals surface area (Å²) in [4.78, 5) is 26.1. The van der Waals surface area contributed by atoms with Crippen LogP contribution in [0.3, 0.4) is 0 Å². The third-order valence-corrected chi connectivity index (χ3v) is 3.88. The summed E-state index contributed by atoms with van der Waals surface area (Å²) in [5.74, 6) is -0.475. The first-order chi connectivity index (χ1) is 10.2. The van der Waals surface area contributed by atoms with Crippen molar-refractivity contribution in [2.24, 2.45) is 0 Å². The van der Waals surface area contributed by atoms with Crippen LogP contribution in [-0.2, 0) is 15.9 Å². The molecule has 0 unspecified atom stereocenters. The highest BCUT2D eigenvalue weighted by Gasteiger charge is 2.23. The molecule has 1 fully saturated rings. The number of rotatable bonds is 2. The molecule has 0 spiro atoms. The fourth-order valence-electron chi connectivity index (χ4n) is 2.73. The van der Waals surface area contributed by atoms with E-state index in [0.717, 1.165) is 24.4 Å². The summed E-state index contributed by atoms with van der Waals surface area (Å²) in [6.07, 6.45) is 2.39. The van der Waals surface area contributed by atoms with E-state index in [4.69, 9.17) is 9.47 Å². The molecule has 2 aliphatic rings. The molecular weight excluding hydrogens is 270 g/mol. The fraction of sp³-hybridized carbons (Fsp3) is 0.375. The van der Waals surface area contributed by atoms with Crippen LogP contribution < -0.4 is 0 Å². The molecule has 1 saturated heterocycles. The summed E-state index contributed by atoms with van der Waals surface area (Å²) < 4.78 is 10.0. The van der Waals surface area contributed by atoms with E-state index >= 15 is 0 Å². The van der Waals surface area contributed by atoms with Crippen LogP contribution in [0.5, 0.6) is 0 Å². The zero-order valence-electron chi connectivity index (χ0n) is 11.9. The predicted molar refractivity (Wildman–Crippen MR) is 76.3 cm³/mol. The van der Waals surface area contributed by atoms with Crippen molar-refractivity contribution >= 4 is 11.8 Å². The van der Waals surface area contributed by atoms with Crippen molar-refractivity contribution in [3.63, 3.8) is 0 Å². The number of hydrogen-bond acceptors (Lipinski definition) is 5. The second-order valence-corrected chi connectivity index (χ2v) is 5.14. The smallest absolute Gasteiger partial charge is 0.337 e. The molecular formula is C16H17NO4. The number of nitrogens with zero attached hydrogens (tertiary/aromatic N) is 1. The molecule has 110 valence electrons. The van der Waals surface area contributed by atoms with Gasteiger partial charge in [0.2, 0.25) is 0 Å². The summed E-state index contributed by atoms with van der Waals surface area (Å²) in [7, 11) is 1.33. The number of benzene rings is 1. The molecule has 3 rings (SSSR count). The van der Waals surface area contributed by atoms with E-state index in [-0.39, 0.29) is 5.78 Å². The van der Waals surface area contributed by atoms with E-state index in [1.807, 2.05) is 6.07 Å². The Morgan fingerprint density at radius 2 is 2.05 bits per heavy atom. The highest BCUT2D eigenvalue weighted by Crippen LogP contribution is 2.25. The molecule has 0 amide bonds. The highest BCUT2D eigenvalue weighted by molar-refractivity contribution is 6.08. The van der Waals surface area contributed by atoms with Gasteiger partial charge in [0, 0.05) is 36.8 Å². The Bertz CT molecular complexity index is 615. The van der Waals surface area contributed by atoms with Gasteiger partial charge in [-0.05, 0) is 17.7 Å². The lowest BCUT2D eigenvalue weighted by molar-refractivity contribution is 0.0521. The molecule has 5 nitrogen and oxygen atoms in total. The number of ether oxygens (including phenoxy) is 2. The number of ketones is 1. The maximum absolute atomic E-state index is 12.3.